The van der Waals surface area contributed by atoms with Crippen LogP contribution in [-0.4, -0.2) is 0 Å². The van der Waals surface area contributed by atoms with Gasteiger partial charge in [0.1, 0.15) is 5.58 Å². The molecule has 0 amide bonds. The van der Waals surface area contributed by atoms with E-state index < -0.39 is 0 Å². The first-order chi connectivity index (χ1) is 26.1. The van der Waals surface area contributed by atoms with Crippen LogP contribution in [-0.2, 0) is 5.41 Å². The van der Waals surface area contributed by atoms with Gasteiger partial charge in [0.25, 0.3) is 0 Å². The van der Waals surface area contributed by atoms with Crippen molar-refractivity contribution in [2.75, 3.05) is 4.90 Å². The van der Waals surface area contributed by atoms with E-state index in [1.54, 1.807) is 0 Å². The Hall–Kier alpha value is -6.64. The van der Waals surface area contributed by atoms with E-state index in [1.165, 1.54) is 65.7 Å². The van der Waals surface area contributed by atoms with E-state index in [-0.39, 0.29) is 5.41 Å². The Morgan fingerprint density at radius 3 is 1.83 bits per heavy atom. The molecule has 9 aromatic carbocycles. The van der Waals surface area contributed by atoms with Crippen LogP contribution in [0.25, 0.3) is 76.5 Å². The Labute approximate surface area is 308 Å². The summed E-state index contributed by atoms with van der Waals surface area (Å²) in [5.74, 6) is 0. The molecule has 0 spiro atoms. The van der Waals surface area contributed by atoms with Crippen molar-refractivity contribution < 1.29 is 4.42 Å². The standard InChI is InChI=1S/C51H35NO/c1-51(2)43-31-35-17-4-3-16-34(35)30-42(43)40-23-12-25-45(49(40)51)52(46-26-13-24-41-38-21-9-10-27-47(38)53-50(41)46)44-29-28-33-15-6-8-20-37(33)48(44)39-22-11-18-32-14-5-7-19-36(32)39/h3-31H,1-2H3. The predicted octanol–water partition coefficient (Wildman–Crippen LogP) is 14.5. The summed E-state index contributed by atoms with van der Waals surface area (Å²) in [4.78, 5) is 2.50. The fourth-order valence-electron chi connectivity index (χ4n) is 9.19. The van der Waals surface area contributed by atoms with Gasteiger partial charge in [0, 0.05) is 21.8 Å². The van der Waals surface area contributed by atoms with Gasteiger partial charge in [-0.05, 0) is 96.5 Å². The van der Waals surface area contributed by atoms with Crippen LogP contribution in [0.15, 0.2) is 180 Å². The molecule has 1 aromatic heterocycles. The van der Waals surface area contributed by atoms with E-state index in [1.807, 2.05) is 0 Å². The second-order valence-electron chi connectivity index (χ2n) is 14.9. The summed E-state index contributed by atoms with van der Waals surface area (Å²) < 4.78 is 6.85. The van der Waals surface area contributed by atoms with Gasteiger partial charge >= 0.3 is 0 Å². The molecule has 1 heterocycles. The molecule has 53 heavy (non-hydrogen) atoms. The minimum absolute atomic E-state index is 0.276. The lowest BCUT2D eigenvalue weighted by Gasteiger charge is -2.34. The molecule has 1 aliphatic rings. The van der Waals surface area contributed by atoms with Crippen LogP contribution in [0.3, 0.4) is 0 Å². The molecular formula is C51H35NO. The number of nitrogens with zero attached hydrogens (tertiary/aromatic N) is 1. The van der Waals surface area contributed by atoms with Gasteiger partial charge in [-0.1, -0.05) is 153 Å². The van der Waals surface area contributed by atoms with E-state index >= 15 is 0 Å². The van der Waals surface area contributed by atoms with E-state index in [2.05, 4.69) is 195 Å². The zero-order valence-electron chi connectivity index (χ0n) is 29.6. The molecule has 11 rings (SSSR count). The average molecular weight is 678 g/mol. The first-order valence-electron chi connectivity index (χ1n) is 18.4. The van der Waals surface area contributed by atoms with Gasteiger partial charge in [-0.15, -0.1) is 0 Å². The monoisotopic (exact) mass is 677 g/mol. The molecule has 10 aromatic rings. The lowest BCUT2D eigenvalue weighted by Crippen LogP contribution is -2.21. The van der Waals surface area contributed by atoms with Crippen molar-refractivity contribution in [3.8, 4) is 22.3 Å². The number of furan rings is 1. The molecule has 0 saturated heterocycles. The first-order valence-corrected chi connectivity index (χ1v) is 18.4. The topological polar surface area (TPSA) is 16.4 Å². The largest absolute Gasteiger partial charge is 0.454 e. The Balaban J connectivity index is 1.29. The lowest BCUT2D eigenvalue weighted by molar-refractivity contribution is 0.659. The molecule has 0 saturated carbocycles. The predicted molar refractivity (Wildman–Crippen MR) is 224 cm³/mol. The summed E-state index contributed by atoms with van der Waals surface area (Å²) >= 11 is 0. The molecule has 0 N–H and O–H groups in total. The smallest absolute Gasteiger partial charge is 0.159 e. The fraction of sp³-hybridized carbons (Fsp3) is 0.0588. The quantitative estimate of drug-likeness (QED) is 0.184. The van der Waals surface area contributed by atoms with Gasteiger partial charge in [-0.2, -0.15) is 0 Å². The van der Waals surface area contributed by atoms with Crippen LogP contribution in [0.2, 0.25) is 0 Å². The van der Waals surface area contributed by atoms with E-state index in [4.69, 9.17) is 4.42 Å². The van der Waals surface area contributed by atoms with Crippen LogP contribution >= 0.6 is 0 Å². The second kappa shape index (κ2) is 11.2. The van der Waals surface area contributed by atoms with E-state index in [9.17, 15) is 0 Å². The minimum atomic E-state index is -0.276. The van der Waals surface area contributed by atoms with Gasteiger partial charge in [0.05, 0.1) is 17.1 Å². The Bertz CT molecular complexity index is 3100. The number of hydrogen-bond acceptors (Lipinski definition) is 2. The van der Waals surface area contributed by atoms with Gasteiger partial charge in [0.2, 0.25) is 0 Å². The van der Waals surface area contributed by atoms with Crippen molar-refractivity contribution >= 4 is 71.3 Å². The van der Waals surface area contributed by atoms with Gasteiger partial charge in [-0.25, -0.2) is 0 Å². The molecule has 0 bridgehead atoms. The molecule has 2 nitrogen and oxygen atoms in total. The number of rotatable bonds is 4. The third-order valence-electron chi connectivity index (χ3n) is 11.6. The second-order valence-corrected chi connectivity index (χ2v) is 14.9. The fourth-order valence-corrected chi connectivity index (χ4v) is 9.19. The van der Waals surface area contributed by atoms with Gasteiger partial charge in [0.15, 0.2) is 5.58 Å². The van der Waals surface area contributed by atoms with E-state index in [0.29, 0.717) is 0 Å². The number of anilines is 3. The van der Waals surface area contributed by atoms with Crippen molar-refractivity contribution in [1.82, 2.24) is 0 Å². The molecule has 0 atom stereocenters. The molecule has 0 unspecified atom stereocenters. The number of benzene rings is 9. The normalized spacial score (nSPS) is 13.2. The summed E-state index contributed by atoms with van der Waals surface area (Å²) in [6, 6.07) is 64.2. The number of hydrogen-bond donors (Lipinski definition) is 0. The molecule has 1 aliphatic carbocycles. The minimum Gasteiger partial charge on any atom is -0.454 e. The van der Waals surface area contributed by atoms with Crippen molar-refractivity contribution in [2.45, 2.75) is 19.3 Å². The summed E-state index contributed by atoms with van der Waals surface area (Å²) in [6.07, 6.45) is 0. The summed E-state index contributed by atoms with van der Waals surface area (Å²) in [7, 11) is 0. The lowest BCUT2D eigenvalue weighted by atomic mass is 9.80. The maximum absolute atomic E-state index is 6.85. The number of para-hydroxylation sites is 2. The Kier molecular flexibility index (Phi) is 6.33. The third kappa shape index (κ3) is 4.33. The van der Waals surface area contributed by atoms with Crippen LogP contribution in [0.5, 0.6) is 0 Å². The molecule has 250 valence electrons. The van der Waals surface area contributed by atoms with Crippen molar-refractivity contribution in [2.24, 2.45) is 0 Å². The van der Waals surface area contributed by atoms with Crippen molar-refractivity contribution in [3.63, 3.8) is 0 Å². The van der Waals surface area contributed by atoms with Crippen molar-refractivity contribution in [1.29, 1.82) is 0 Å². The highest BCUT2D eigenvalue weighted by atomic mass is 16.3. The van der Waals surface area contributed by atoms with E-state index in [0.717, 1.165) is 39.0 Å². The maximum Gasteiger partial charge on any atom is 0.159 e. The molecule has 0 aliphatic heterocycles. The highest BCUT2D eigenvalue weighted by Crippen LogP contribution is 2.57. The van der Waals surface area contributed by atoms with Crippen LogP contribution in [0.4, 0.5) is 17.1 Å². The molecule has 2 heteroatoms. The zero-order chi connectivity index (χ0) is 35.3. The van der Waals surface area contributed by atoms with Gasteiger partial charge in [-0.3, -0.25) is 0 Å². The first kappa shape index (κ1) is 30.0. The van der Waals surface area contributed by atoms with Gasteiger partial charge < -0.3 is 9.32 Å². The zero-order valence-corrected chi connectivity index (χ0v) is 29.6. The summed E-state index contributed by atoms with van der Waals surface area (Å²) in [5.41, 5.74) is 12.4. The molecule has 0 radical (unpaired) electrons. The number of fused-ring (bicyclic) bond motifs is 9. The van der Waals surface area contributed by atoms with Crippen LogP contribution < -0.4 is 4.90 Å². The summed E-state index contributed by atoms with van der Waals surface area (Å²) in [6.45, 7) is 4.78. The molecular weight excluding hydrogens is 643 g/mol. The van der Waals surface area contributed by atoms with Crippen LogP contribution in [0, 0.1) is 0 Å². The van der Waals surface area contributed by atoms with Crippen molar-refractivity contribution in [3.05, 3.63) is 187 Å². The Morgan fingerprint density at radius 2 is 1.00 bits per heavy atom. The van der Waals surface area contributed by atoms with Crippen LogP contribution in [0.1, 0.15) is 25.0 Å². The highest BCUT2D eigenvalue weighted by Gasteiger charge is 2.40. The molecule has 0 fully saturated rings. The highest BCUT2D eigenvalue weighted by molar-refractivity contribution is 6.15. The maximum atomic E-state index is 6.85. The third-order valence-corrected chi connectivity index (χ3v) is 11.6. The summed E-state index contributed by atoms with van der Waals surface area (Å²) in [5, 5.41) is 9.63. The SMILES string of the molecule is CC1(C)c2cc3ccccc3cc2-c2cccc(N(c3ccc4ccccc4c3-c3cccc4ccccc34)c3cccc4c3oc3ccccc34)c21. The Morgan fingerprint density at radius 1 is 0.415 bits per heavy atom. The average Bonchev–Trinajstić information content (AvgIpc) is 3.69.